The summed E-state index contributed by atoms with van der Waals surface area (Å²) in [5, 5.41) is 9.11. The first-order chi connectivity index (χ1) is 9.06. The third kappa shape index (κ3) is 3.59. The summed E-state index contributed by atoms with van der Waals surface area (Å²) in [7, 11) is 0. The minimum Gasteiger partial charge on any atom is -0.505 e. The molecule has 1 aromatic rings. The SMILES string of the molecule is CC1CCCN(C(N)=NCc2ccc(O)c(F)c2)C1. The van der Waals surface area contributed by atoms with Crippen LogP contribution in [0, 0.1) is 11.7 Å². The summed E-state index contributed by atoms with van der Waals surface area (Å²) in [6.07, 6.45) is 2.36. The normalized spacial score (nSPS) is 20.6. The number of piperidine rings is 1. The number of hydrogen-bond acceptors (Lipinski definition) is 2. The monoisotopic (exact) mass is 265 g/mol. The maximum absolute atomic E-state index is 13.2. The molecule has 1 aromatic carbocycles. The van der Waals surface area contributed by atoms with E-state index in [1.54, 1.807) is 6.07 Å². The molecule has 0 radical (unpaired) electrons. The van der Waals surface area contributed by atoms with E-state index in [1.807, 2.05) is 0 Å². The minimum atomic E-state index is -0.627. The molecule has 3 N–H and O–H groups in total. The van der Waals surface area contributed by atoms with Crippen molar-refractivity contribution in [3.05, 3.63) is 29.6 Å². The van der Waals surface area contributed by atoms with E-state index in [1.165, 1.54) is 18.6 Å². The number of nitrogens with two attached hydrogens (primary N) is 1. The molecule has 5 heteroatoms. The van der Waals surface area contributed by atoms with Gasteiger partial charge < -0.3 is 15.7 Å². The molecular formula is C14H20FN3O. The van der Waals surface area contributed by atoms with Gasteiger partial charge in [0.1, 0.15) is 0 Å². The molecule has 1 aliphatic rings. The van der Waals surface area contributed by atoms with Crippen LogP contribution >= 0.6 is 0 Å². The fraction of sp³-hybridized carbons (Fsp3) is 0.500. The Balaban J connectivity index is 1.98. The van der Waals surface area contributed by atoms with Crippen LogP contribution in [-0.4, -0.2) is 29.1 Å². The lowest BCUT2D eigenvalue weighted by molar-refractivity contribution is 0.270. The maximum Gasteiger partial charge on any atom is 0.191 e. The van der Waals surface area contributed by atoms with Crippen LogP contribution in [0.4, 0.5) is 4.39 Å². The Labute approximate surface area is 112 Å². The smallest absolute Gasteiger partial charge is 0.191 e. The number of rotatable bonds is 2. The summed E-state index contributed by atoms with van der Waals surface area (Å²) in [4.78, 5) is 6.37. The first-order valence-corrected chi connectivity index (χ1v) is 6.58. The van der Waals surface area contributed by atoms with Crippen molar-refractivity contribution in [3.8, 4) is 5.75 Å². The molecule has 0 spiro atoms. The van der Waals surface area contributed by atoms with E-state index in [-0.39, 0.29) is 5.75 Å². The van der Waals surface area contributed by atoms with Crippen LogP contribution in [0.25, 0.3) is 0 Å². The number of hydrogen-bond donors (Lipinski definition) is 2. The zero-order valence-corrected chi connectivity index (χ0v) is 11.1. The molecule has 1 fully saturated rings. The molecule has 1 aliphatic heterocycles. The highest BCUT2D eigenvalue weighted by Crippen LogP contribution is 2.17. The average molecular weight is 265 g/mol. The molecule has 0 bridgehead atoms. The van der Waals surface area contributed by atoms with E-state index >= 15 is 0 Å². The summed E-state index contributed by atoms with van der Waals surface area (Å²) in [6.45, 7) is 4.39. The number of aliphatic imine (C=N–C) groups is 1. The summed E-state index contributed by atoms with van der Waals surface area (Å²) >= 11 is 0. The summed E-state index contributed by atoms with van der Waals surface area (Å²) in [6, 6.07) is 4.26. The highest BCUT2D eigenvalue weighted by atomic mass is 19.1. The van der Waals surface area contributed by atoms with Gasteiger partial charge in [-0.15, -0.1) is 0 Å². The van der Waals surface area contributed by atoms with Gasteiger partial charge in [-0.05, 0) is 36.5 Å². The number of guanidine groups is 1. The van der Waals surface area contributed by atoms with Gasteiger partial charge in [-0.2, -0.15) is 0 Å². The van der Waals surface area contributed by atoms with E-state index in [2.05, 4.69) is 16.8 Å². The van der Waals surface area contributed by atoms with Crippen LogP contribution in [0.3, 0.4) is 0 Å². The van der Waals surface area contributed by atoms with Crippen molar-refractivity contribution in [3.63, 3.8) is 0 Å². The second-order valence-corrected chi connectivity index (χ2v) is 5.15. The third-order valence-electron chi connectivity index (χ3n) is 3.42. The van der Waals surface area contributed by atoms with Gasteiger partial charge in [-0.3, -0.25) is 0 Å². The fourth-order valence-electron chi connectivity index (χ4n) is 2.32. The van der Waals surface area contributed by atoms with Crippen molar-refractivity contribution < 1.29 is 9.50 Å². The van der Waals surface area contributed by atoms with Crippen LogP contribution in [0.1, 0.15) is 25.3 Å². The first kappa shape index (κ1) is 13.6. The van der Waals surface area contributed by atoms with Gasteiger partial charge in [0.2, 0.25) is 0 Å². The van der Waals surface area contributed by atoms with Crippen molar-refractivity contribution in [2.24, 2.45) is 16.6 Å². The van der Waals surface area contributed by atoms with Crippen molar-refractivity contribution in [2.75, 3.05) is 13.1 Å². The number of benzene rings is 1. The zero-order valence-electron chi connectivity index (χ0n) is 11.1. The molecular weight excluding hydrogens is 245 g/mol. The Morgan fingerprint density at radius 2 is 2.37 bits per heavy atom. The number of nitrogens with zero attached hydrogens (tertiary/aromatic N) is 2. The summed E-state index contributed by atoms with van der Waals surface area (Å²) < 4.78 is 13.2. The van der Waals surface area contributed by atoms with E-state index in [0.717, 1.165) is 19.5 Å². The van der Waals surface area contributed by atoms with Crippen molar-refractivity contribution in [1.82, 2.24) is 4.90 Å². The molecule has 0 saturated carbocycles. The van der Waals surface area contributed by atoms with E-state index < -0.39 is 5.82 Å². The second kappa shape index (κ2) is 5.91. The zero-order chi connectivity index (χ0) is 13.8. The van der Waals surface area contributed by atoms with Gasteiger partial charge in [0.25, 0.3) is 0 Å². The molecule has 104 valence electrons. The molecule has 0 amide bonds. The predicted octanol–water partition coefficient (Wildman–Crippen LogP) is 2.08. The molecule has 1 heterocycles. The maximum atomic E-state index is 13.2. The Kier molecular flexibility index (Phi) is 4.24. The lowest BCUT2D eigenvalue weighted by Gasteiger charge is -2.31. The van der Waals surface area contributed by atoms with E-state index in [0.29, 0.717) is 24.0 Å². The molecule has 1 atom stereocenters. The van der Waals surface area contributed by atoms with Crippen molar-refractivity contribution in [1.29, 1.82) is 0 Å². The molecule has 4 nitrogen and oxygen atoms in total. The summed E-state index contributed by atoms with van der Waals surface area (Å²) in [5.74, 6) is 0.178. The van der Waals surface area contributed by atoms with Crippen LogP contribution in [0.15, 0.2) is 23.2 Å². The molecule has 2 rings (SSSR count). The highest BCUT2D eigenvalue weighted by Gasteiger charge is 2.17. The number of phenols is 1. The van der Waals surface area contributed by atoms with Crippen LogP contribution < -0.4 is 5.73 Å². The molecule has 0 aliphatic carbocycles. The molecule has 1 unspecified atom stereocenters. The standard InChI is InChI=1S/C14H20FN3O/c1-10-3-2-6-18(9-10)14(16)17-8-11-4-5-13(19)12(15)7-11/h4-5,7,10,19H,2-3,6,8-9H2,1H3,(H2,16,17). The Bertz CT molecular complexity index is 476. The molecule has 0 aromatic heterocycles. The van der Waals surface area contributed by atoms with Crippen molar-refractivity contribution in [2.45, 2.75) is 26.3 Å². The number of likely N-dealkylation sites (tertiary alicyclic amines) is 1. The number of aromatic hydroxyl groups is 1. The lowest BCUT2D eigenvalue weighted by atomic mass is 10.0. The Hall–Kier alpha value is -1.78. The van der Waals surface area contributed by atoms with Gasteiger partial charge in [-0.25, -0.2) is 9.38 Å². The van der Waals surface area contributed by atoms with Crippen LogP contribution in [0.5, 0.6) is 5.75 Å². The van der Waals surface area contributed by atoms with Gasteiger partial charge in [-0.1, -0.05) is 13.0 Å². The largest absolute Gasteiger partial charge is 0.505 e. The number of halogens is 1. The molecule has 19 heavy (non-hydrogen) atoms. The van der Waals surface area contributed by atoms with E-state index in [9.17, 15) is 4.39 Å². The first-order valence-electron chi connectivity index (χ1n) is 6.58. The van der Waals surface area contributed by atoms with Crippen LogP contribution in [0.2, 0.25) is 0 Å². The number of phenolic OH excluding ortho intramolecular Hbond substituents is 1. The van der Waals surface area contributed by atoms with Gasteiger partial charge in [0, 0.05) is 13.1 Å². The van der Waals surface area contributed by atoms with Crippen molar-refractivity contribution >= 4 is 5.96 Å². The summed E-state index contributed by atoms with van der Waals surface area (Å²) in [5.41, 5.74) is 6.66. The van der Waals surface area contributed by atoms with E-state index in [4.69, 9.17) is 10.8 Å². The lowest BCUT2D eigenvalue weighted by Crippen LogP contribution is -2.43. The fourth-order valence-corrected chi connectivity index (χ4v) is 2.32. The average Bonchev–Trinajstić information content (AvgIpc) is 2.40. The Morgan fingerprint density at radius 1 is 1.58 bits per heavy atom. The quantitative estimate of drug-likeness (QED) is 0.635. The second-order valence-electron chi connectivity index (χ2n) is 5.15. The minimum absolute atomic E-state index is 0.327. The van der Waals surface area contributed by atoms with Gasteiger partial charge >= 0.3 is 0 Å². The van der Waals surface area contributed by atoms with Gasteiger partial charge in [0.15, 0.2) is 17.5 Å². The predicted molar refractivity (Wildman–Crippen MR) is 73.4 cm³/mol. The van der Waals surface area contributed by atoms with Gasteiger partial charge in [0.05, 0.1) is 6.54 Å². The Morgan fingerprint density at radius 3 is 3.05 bits per heavy atom. The highest BCUT2D eigenvalue weighted by molar-refractivity contribution is 5.78. The molecule has 1 saturated heterocycles. The van der Waals surface area contributed by atoms with Crippen LogP contribution in [-0.2, 0) is 6.54 Å². The topological polar surface area (TPSA) is 61.8 Å². The third-order valence-corrected chi connectivity index (χ3v) is 3.42.